The minimum absolute atomic E-state index is 0.106. The zero-order valence-corrected chi connectivity index (χ0v) is 18.3. The number of carbonyl (C=O) groups excluding carboxylic acids is 1. The van der Waals surface area contributed by atoms with E-state index >= 15 is 0 Å². The van der Waals surface area contributed by atoms with Gasteiger partial charge in [0, 0.05) is 12.6 Å². The van der Waals surface area contributed by atoms with Gasteiger partial charge in [-0.3, -0.25) is 4.79 Å². The van der Waals surface area contributed by atoms with Crippen LogP contribution in [0, 0.1) is 12.8 Å². The van der Waals surface area contributed by atoms with Crippen LogP contribution in [0.25, 0.3) is 11.0 Å². The number of hydrogen-bond donors (Lipinski definition) is 1. The molecule has 0 radical (unpaired) electrons. The zero-order valence-electron chi connectivity index (χ0n) is 17.6. The van der Waals surface area contributed by atoms with E-state index in [0.29, 0.717) is 24.5 Å². The molecule has 1 aliphatic heterocycles. The maximum Gasteiger partial charge on any atom is 0.305 e. The number of nitrogen functional groups attached to an aromatic ring is 1. The summed E-state index contributed by atoms with van der Waals surface area (Å²) in [4.78, 5) is 20.2. The molecule has 30 heavy (non-hydrogen) atoms. The summed E-state index contributed by atoms with van der Waals surface area (Å²) in [6.45, 7) is 2.49. The second-order valence-corrected chi connectivity index (χ2v) is 7.67. The second kappa shape index (κ2) is 12.4. The molecule has 2 aromatic heterocycles. The first-order chi connectivity index (χ1) is 14.6. The minimum Gasteiger partial charge on any atom is -0.463 e. The Morgan fingerprint density at radius 3 is 2.77 bits per heavy atom. The highest BCUT2D eigenvalue weighted by atomic mass is 35.5. The molecule has 2 atom stereocenters. The van der Waals surface area contributed by atoms with E-state index in [4.69, 9.17) is 26.8 Å². The molecule has 0 saturated carbocycles. The smallest absolute Gasteiger partial charge is 0.305 e. The molecule has 1 fully saturated rings. The van der Waals surface area contributed by atoms with Crippen LogP contribution in [0.2, 0.25) is 5.28 Å². The topological polar surface area (TPSA) is 92.3 Å². The zero-order chi connectivity index (χ0) is 21.9. The lowest BCUT2D eigenvalue weighted by Gasteiger charge is -2.16. The molecule has 3 heterocycles. The molecule has 2 aromatic rings. The van der Waals surface area contributed by atoms with Gasteiger partial charge in [-0.25, -0.2) is 4.98 Å². The van der Waals surface area contributed by atoms with Crippen molar-refractivity contribution in [1.82, 2.24) is 14.5 Å². The molecular formula is C22H31ClN4O3. The predicted molar refractivity (Wildman–Crippen MR) is 119 cm³/mol. The van der Waals surface area contributed by atoms with Gasteiger partial charge in [-0.05, 0) is 36.9 Å². The Labute approximate surface area is 183 Å². The lowest BCUT2D eigenvalue weighted by Crippen LogP contribution is -2.19. The molecule has 1 aliphatic rings. The van der Waals surface area contributed by atoms with Crippen molar-refractivity contribution in [3.63, 3.8) is 0 Å². The number of rotatable bonds is 10. The summed E-state index contributed by atoms with van der Waals surface area (Å²) < 4.78 is 13.4. The number of esters is 1. The van der Waals surface area contributed by atoms with Crippen LogP contribution in [-0.2, 0) is 14.3 Å². The van der Waals surface area contributed by atoms with E-state index in [1.807, 2.05) is 16.8 Å². The number of nitrogens with zero attached hydrogens (tertiary/aromatic N) is 3. The fourth-order valence-corrected chi connectivity index (χ4v) is 3.75. The summed E-state index contributed by atoms with van der Waals surface area (Å²) >= 11 is 5.94. The highest BCUT2D eigenvalue weighted by Crippen LogP contribution is 2.32. The molecule has 0 spiro atoms. The van der Waals surface area contributed by atoms with Gasteiger partial charge in [0.05, 0.1) is 11.5 Å². The average molecular weight is 435 g/mol. The molecular weight excluding hydrogens is 404 g/mol. The van der Waals surface area contributed by atoms with Crippen LogP contribution >= 0.6 is 11.6 Å². The van der Waals surface area contributed by atoms with Crippen LogP contribution in [0.4, 0.5) is 5.82 Å². The number of unbranched alkanes of at least 4 members (excludes halogenated alkanes) is 5. The molecule has 0 aromatic carbocycles. The van der Waals surface area contributed by atoms with E-state index in [9.17, 15) is 4.79 Å². The quantitative estimate of drug-likeness (QED) is 0.248. The Morgan fingerprint density at radius 2 is 2.00 bits per heavy atom. The molecule has 0 amide bonds. The van der Waals surface area contributed by atoms with Crippen molar-refractivity contribution in [1.29, 1.82) is 0 Å². The number of halogens is 1. The van der Waals surface area contributed by atoms with Gasteiger partial charge in [0.15, 0.2) is 0 Å². The third-order valence-electron chi connectivity index (χ3n) is 5.13. The lowest BCUT2D eigenvalue weighted by atomic mass is 10.1. The van der Waals surface area contributed by atoms with Crippen molar-refractivity contribution in [2.45, 2.75) is 77.0 Å². The predicted octanol–water partition coefficient (Wildman–Crippen LogP) is 4.89. The van der Waals surface area contributed by atoms with Gasteiger partial charge in [-0.15, -0.1) is 12.8 Å². The standard InChI is InChI=1S/C20H29ClN4O3.C2H2/c1-2-3-4-5-6-7-8-17(26)27-13-14-9-10-16(28-14)25-12-11-15-18(22)23-20(21)24-19(15)25;1-2/h11-12,14,16H,2-10,13H2,1H3,(H2,22,23,24);1-2H/t14-,16+;/m0./s1. The van der Waals surface area contributed by atoms with Crippen LogP contribution in [0.1, 0.15) is 70.9 Å². The summed E-state index contributed by atoms with van der Waals surface area (Å²) in [5, 5.41) is 0.866. The summed E-state index contributed by atoms with van der Waals surface area (Å²) in [6, 6.07) is 1.86. The van der Waals surface area contributed by atoms with Gasteiger partial charge in [0.1, 0.15) is 24.3 Å². The van der Waals surface area contributed by atoms with Crippen molar-refractivity contribution in [3.8, 4) is 12.8 Å². The third-order valence-corrected chi connectivity index (χ3v) is 5.30. The summed E-state index contributed by atoms with van der Waals surface area (Å²) in [5.41, 5.74) is 6.56. The van der Waals surface area contributed by atoms with Crippen LogP contribution < -0.4 is 5.73 Å². The molecule has 0 unspecified atom stereocenters. The second-order valence-electron chi connectivity index (χ2n) is 7.33. The van der Waals surface area contributed by atoms with Crippen LogP contribution in [0.5, 0.6) is 0 Å². The van der Waals surface area contributed by atoms with Crippen molar-refractivity contribution >= 4 is 34.4 Å². The first kappa shape index (κ1) is 24.0. The van der Waals surface area contributed by atoms with Gasteiger partial charge >= 0.3 is 5.97 Å². The highest BCUT2D eigenvalue weighted by Gasteiger charge is 2.29. The summed E-state index contributed by atoms with van der Waals surface area (Å²) in [5.74, 6) is 0.216. The molecule has 0 aliphatic carbocycles. The Hall–Kier alpha value is -2.30. The van der Waals surface area contributed by atoms with E-state index < -0.39 is 0 Å². The van der Waals surface area contributed by atoms with Gasteiger partial charge in [0.2, 0.25) is 5.28 Å². The van der Waals surface area contributed by atoms with Gasteiger partial charge in [-0.2, -0.15) is 4.98 Å². The SMILES string of the molecule is C#C.CCCCCCCCC(=O)OC[C@@H]1CC[C@H](n2ccc3c(N)nc(Cl)nc32)O1. The van der Waals surface area contributed by atoms with E-state index in [2.05, 4.69) is 29.7 Å². The number of hydrogen-bond acceptors (Lipinski definition) is 6. The van der Waals surface area contributed by atoms with E-state index in [1.54, 1.807) is 0 Å². The maximum absolute atomic E-state index is 11.9. The Balaban J connectivity index is 0.00000155. The van der Waals surface area contributed by atoms with Crippen molar-refractivity contribution in [2.24, 2.45) is 0 Å². The number of aromatic nitrogens is 3. The van der Waals surface area contributed by atoms with Crippen molar-refractivity contribution in [3.05, 3.63) is 17.5 Å². The largest absolute Gasteiger partial charge is 0.463 e. The molecule has 2 N–H and O–H groups in total. The molecule has 8 heteroatoms. The van der Waals surface area contributed by atoms with E-state index in [0.717, 1.165) is 31.1 Å². The number of nitrogens with two attached hydrogens (primary N) is 1. The summed E-state index contributed by atoms with van der Waals surface area (Å²) in [7, 11) is 0. The first-order valence-electron chi connectivity index (χ1n) is 10.5. The number of ether oxygens (including phenoxy) is 2. The van der Waals surface area contributed by atoms with Crippen LogP contribution in [-0.4, -0.2) is 33.2 Å². The molecule has 7 nitrogen and oxygen atoms in total. The fraction of sp³-hybridized carbons (Fsp3) is 0.591. The average Bonchev–Trinajstić information content (AvgIpc) is 3.37. The number of anilines is 1. The Morgan fingerprint density at radius 1 is 1.27 bits per heavy atom. The Bertz CT molecular complexity index is 836. The van der Waals surface area contributed by atoms with Gasteiger partial charge in [0.25, 0.3) is 0 Å². The number of terminal acetylenes is 1. The molecule has 0 bridgehead atoms. The molecule has 1 saturated heterocycles. The highest BCUT2D eigenvalue weighted by molar-refractivity contribution is 6.28. The Kier molecular flexibility index (Phi) is 9.92. The van der Waals surface area contributed by atoms with Gasteiger partial charge in [-0.1, -0.05) is 39.0 Å². The summed E-state index contributed by atoms with van der Waals surface area (Å²) in [6.07, 6.45) is 18.6. The third kappa shape index (κ3) is 6.61. The molecule has 164 valence electrons. The monoisotopic (exact) mass is 434 g/mol. The van der Waals surface area contributed by atoms with Crippen LogP contribution in [0.3, 0.4) is 0 Å². The maximum atomic E-state index is 11.9. The normalized spacial score (nSPS) is 18.1. The minimum atomic E-state index is -0.176. The fourth-order valence-electron chi connectivity index (χ4n) is 3.58. The van der Waals surface area contributed by atoms with Crippen molar-refractivity contribution in [2.75, 3.05) is 12.3 Å². The molecule has 3 rings (SSSR count). The van der Waals surface area contributed by atoms with E-state index in [-0.39, 0.29) is 23.6 Å². The van der Waals surface area contributed by atoms with E-state index in [1.165, 1.54) is 25.7 Å². The number of carbonyl (C=O) groups is 1. The van der Waals surface area contributed by atoms with Crippen LogP contribution in [0.15, 0.2) is 12.3 Å². The van der Waals surface area contributed by atoms with Crippen molar-refractivity contribution < 1.29 is 14.3 Å². The first-order valence-corrected chi connectivity index (χ1v) is 10.9. The number of fused-ring (bicyclic) bond motifs is 1. The van der Waals surface area contributed by atoms with Gasteiger partial charge < -0.3 is 19.8 Å². The lowest BCUT2D eigenvalue weighted by molar-refractivity contribution is -0.148.